The van der Waals surface area contributed by atoms with Crippen molar-refractivity contribution in [2.24, 2.45) is 5.41 Å². The van der Waals surface area contributed by atoms with Crippen molar-refractivity contribution in [3.63, 3.8) is 0 Å². The molecule has 1 amide bonds. The second kappa shape index (κ2) is 7.06. The number of rotatable bonds is 2. The van der Waals surface area contributed by atoms with E-state index in [4.69, 9.17) is 23.2 Å². The summed E-state index contributed by atoms with van der Waals surface area (Å²) in [5, 5.41) is 0.895. The Morgan fingerprint density at radius 3 is 2.36 bits per heavy atom. The van der Waals surface area contributed by atoms with Gasteiger partial charge < -0.3 is 0 Å². The molecule has 2 aromatic carbocycles. The van der Waals surface area contributed by atoms with Crippen molar-refractivity contribution < 1.29 is 9.59 Å². The quantitative estimate of drug-likeness (QED) is 0.591. The van der Waals surface area contributed by atoms with Crippen LogP contribution in [0, 0.1) is 5.41 Å². The zero-order chi connectivity index (χ0) is 20.1. The van der Waals surface area contributed by atoms with Crippen molar-refractivity contribution in [2.45, 2.75) is 39.0 Å². The average Bonchev–Trinajstić information content (AvgIpc) is 2.63. The minimum atomic E-state index is -0.291. The van der Waals surface area contributed by atoms with E-state index in [1.165, 1.54) is 0 Å². The second-order valence-corrected chi connectivity index (χ2v) is 9.11. The van der Waals surface area contributed by atoms with Crippen molar-refractivity contribution >= 4 is 40.6 Å². The van der Waals surface area contributed by atoms with Crippen LogP contribution < -0.4 is 4.90 Å². The molecule has 1 aliphatic heterocycles. The van der Waals surface area contributed by atoms with Gasteiger partial charge in [-0.3, -0.25) is 14.5 Å². The van der Waals surface area contributed by atoms with E-state index in [1.54, 1.807) is 17.0 Å². The zero-order valence-electron chi connectivity index (χ0n) is 15.8. The van der Waals surface area contributed by atoms with Gasteiger partial charge in [-0.2, -0.15) is 0 Å². The third kappa shape index (κ3) is 3.38. The molecule has 0 bridgehead atoms. The Labute approximate surface area is 174 Å². The fourth-order valence-electron chi connectivity index (χ4n) is 4.31. The monoisotopic (exact) mass is 413 g/mol. The third-order valence-corrected chi connectivity index (χ3v) is 6.24. The number of hydrogen-bond donors (Lipinski definition) is 0. The molecule has 0 N–H and O–H groups in total. The Morgan fingerprint density at radius 1 is 0.964 bits per heavy atom. The first-order chi connectivity index (χ1) is 13.3. The van der Waals surface area contributed by atoms with Gasteiger partial charge in [0.25, 0.3) is 0 Å². The molecule has 0 saturated heterocycles. The molecule has 1 aliphatic carbocycles. The number of amides is 1. The first kappa shape index (κ1) is 19.2. The van der Waals surface area contributed by atoms with Gasteiger partial charge in [0.05, 0.1) is 10.0 Å². The summed E-state index contributed by atoms with van der Waals surface area (Å²) in [6.45, 7) is 4.15. The van der Waals surface area contributed by atoms with Gasteiger partial charge in [0.2, 0.25) is 5.91 Å². The van der Waals surface area contributed by atoms with Crippen molar-refractivity contribution in [3.05, 3.63) is 75.4 Å². The molecule has 0 aromatic heterocycles. The maximum absolute atomic E-state index is 13.2. The van der Waals surface area contributed by atoms with E-state index in [0.29, 0.717) is 22.9 Å². The van der Waals surface area contributed by atoms with E-state index in [2.05, 4.69) is 13.8 Å². The van der Waals surface area contributed by atoms with Crippen LogP contribution in [-0.4, -0.2) is 11.7 Å². The molecule has 0 spiro atoms. The molecule has 2 aromatic rings. The lowest BCUT2D eigenvalue weighted by Crippen LogP contribution is -2.43. The normalized spacial score (nSPS) is 21.7. The molecule has 1 atom stereocenters. The van der Waals surface area contributed by atoms with Crippen LogP contribution in [0.5, 0.6) is 0 Å². The van der Waals surface area contributed by atoms with E-state index in [-0.39, 0.29) is 29.4 Å². The second-order valence-electron chi connectivity index (χ2n) is 8.30. The summed E-state index contributed by atoms with van der Waals surface area (Å²) in [6, 6.07) is 14.9. The highest BCUT2D eigenvalue weighted by Gasteiger charge is 2.44. The first-order valence-electron chi connectivity index (χ1n) is 9.36. The Kier molecular flexibility index (Phi) is 4.84. The fourth-order valence-corrected chi connectivity index (χ4v) is 4.61. The van der Waals surface area contributed by atoms with E-state index < -0.39 is 0 Å². The maximum atomic E-state index is 13.2. The minimum absolute atomic E-state index is 0.00785. The number of halogens is 2. The minimum Gasteiger partial charge on any atom is -0.294 e. The van der Waals surface area contributed by atoms with Crippen LogP contribution in [-0.2, 0) is 9.59 Å². The number of carbonyl (C=O) groups excluding carboxylic acids is 2. The Balaban J connectivity index is 1.90. The molecule has 144 valence electrons. The Morgan fingerprint density at radius 2 is 1.68 bits per heavy atom. The van der Waals surface area contributed by atoms with Crippen LogP contribution in [0.25, 0.3) is 0 Å². The summed E-state index contributed by atoms with van der Waals surface area (Å²) in [5.74, 6) is -0.192. The average molecular weight is 414 g/mol. The van der Waals surface area contributed by atoms with Gasteiger partial charge in [-0.1, -0.05) is 61.3 Å². The highest BCUT2D eigenvalue weighted by molar-refractivity contribution is 6.42. The lowest BCUT2D eigenvalue weighted by atomic mass is 9.69. The summed E-state index contributed by atoms with van der Waals surface area (Å²) >= 11 is 12.3. The van der Waals surface area contributed by atoms with Crippen LogP contribution in [0.4, 0.5) is 5.69 Å². The third-order valence-electron chi connectivity index (χ3n) is 5.50. The summed E-state index contributed by atoms with van der Waals surface area (Å²) in [7, 11) is 0. The largest absolute Gasteiger partial charge is 0.294 e. The molecule has 3 nitrogen and oxygen atoms in total. The standard InChI is InChI=1S/C23H21Cl2NO2/c1-23(2)12-19-22(20(27)13-23)16(14-8-9-17(24)18(25)10-14)11-21(28)26(19)15-6-4-3-5-7-15/h3-10,16H,11-13H2,1-2H3. The number of anilines is 1. The molecular formula is C23H21Cl2NO2. The highest BCUT2D eigenvalue weighted by atomic mass is 35.5. The van der Waals surface area contributed by atoms with E-state index in [1.807, 2.05) is 36.4 Å². The van der Waals surface area contributed by atoms with Crippen molar-refractivity contribution in [2.75, 3.05) is 4.90 Å². The van der Waals surface area contributed by atoms with Crippen molar-refractivity contribution in [1.82, 2.24) is 0 Å². The van der Waals surface area contributed by atoms with Crippen LogP contribution in [0.15, 0.2) is 59.8 Å². The van der Waals surface area contributed by atoms with Gasteiger partial charge in [-0.25, -0.2) is 0 Å². The summed E-state index contributed by atoms with van der Waals surface area (Å²) in [6.07, 6.45) is 1.38. The SMILES string of the molecule is CC1(C)CC(=O)C2=C(C1)N(c1ccccc1)C(=O)CC2c1ccc(Cl)c(Cl)c1. The molecular weight excluding hydrogens is 393 g/mol. The Bertz CT molecular complexity index is 995. The van der Waals surface area contributed by atoms with Gasteiger partial charge in [0.15, 0.2) is 5.78 Å². The number of benzene rings is 2. The number of carbonyl (C=O) groups is 2. The summed E-state index contributed by atoms with van der Waals surface area (Å²) in [4.78, 5) is 28.2. The number of para-hydroxylation sites is 1. The van der Waals surface area contributed by atoms with Crippen LogP contribution >= 0.6 is 23.2 Å². The molecule has 2 aliphatic rings. The van der Waals surface area contributed by atoms with Crippen LogP contribution in [0.1, 0.15) is 44.6 Å². The maximum Gasteiger partial charge on any atom is 0.232 e. The zero-order valence-corrected chi connectivity index (χ0v) is 17.3. The van der Waals surface area contributed by atoms with Crippen LogP contribution in [0.3, 0.4) is 0 Å². The lowest BCUT2D eigenvalue weighted by molar-refractivity contribution is -0.121. The Hall–Kier alpha value is -2.10. The molecule has 28 heavy (non-hydrogen) atoms. The summed E-state index contributed by atoms with van der Waals surface area (Å²) < 4.78 is 0. The van der Waals surface area contributed by atoms with Gasteiger partial charge in [-0.15, -0.1) is 0 Å². The number of ketones is 1. The first-order valence-corrected chi connectivity index (χ1v) is 10.1. The molecule has 5 heteroatoms. The molecule has 1 unspecified atom stereocenters. The van der Waals surface area contributed by atoms with E-state index in [0.717, 1.165) is 22.5 Å². The van der Waals surface area contributed by atoms with Gasteiger partial charge >= 0.3 is 0 Å². The van der Waals surface area contributed by atoms with Gasteiger partial charge in [-0.05, 0) is 41.7 Å². The van der Waals surface area contributed by atoms with Crippen molar-refractivity contribution in [1.29, 1.82) is 0 Å². The highest BCUT2D eigenvalue weighted by Crippen LogP contribution is 2.48. The number of allylic oxidation sites excluding steroid dienone is 2. The molecule has 1 heterocycles. The fraction of sp³-hybridized carbons (Fsp3) is 0.304. The molecule has 0 fully saturated rings. The molecule has 0 radical (unpaired) electrons. The van der Waals surface area contributed by atoms with E-state index >= 15 is 0 Å². The summed E-state index contributed by atoms with van der Waals surface area (Å²) in [5.41, 5.74) is 3.03. The van der Waals surface area contributed by atoms with Crippen LogP contribution in [0.2, 0.25) is 10.0 Å². The predicted octanol–water partition coefficient (Wildman–Crippen LogP) is 6.16. The van der Waals surface area contributed by atoms with Gasteiger partial charge in [0, 0.05) is 35.7 Å². The smallest absolute Gasteiger partial charge is 0.232 e. The molecule has 0 saturated carbocycles. The number of nitrogens with zero attached hydrogens (tertiary/aromatic N) is 1. The van der Waals surface area contributed by atoms with E-state index in [9.17, 15) is 9.59 Å². The topological polar surface area (TPSA) is 37.4 Å². The number of Topliss-reactive ketones (excluding diaryl/α,β-unsaturated/α-hetero) is 1. The van der Waals surface area contributed by atoms with Crippen molar-refractivity contribution in [3.8, 4) is 0 Å². The lowest BCUT2D eigenvalue weighted by Gasteiger charge is -2.43. The predicted molar refractivity (Wildman–Crippen MR) is 113 cm³/mol. The number of hydrogen-bond acceptors (Lipinski definition) is 2. The molecule has 4 rings (SSSR count). The van der Waals surface area contributed by atoms with Gasteiger partial charge in [0.1, 0.15) is 0 Å².